The normalized spacial score (nSPS) is 12.2. The number of carbonyl (C=O) groups excluding carboxylic acids is 1. The van der Waals surface area contributed by atoms with E-state index >= 15 is 0 Å². The number of halogens is 2. The molecule has 210 valence electrons. The van der Waals surface area contributed by atoms with E-state index in [1.807, 2.05) is 0 Å². The second kappa shape index (κ2) is 12.0. The number of hydrogen-bond donors (Lipinski definition) is 2. The molecule has 40 heavy (non-hydrogen) atoms. The van der Waals surface area contributed by atoms with Gasteiger partial charge in [0.1, 0.15) is 16.4 Å². The van der Waals surface area contributed by atoms with Crippen LogP contribution in [0.25, 0.3) is 22.0 Å². The van der Waals surface area contributed by atoms with Gasteiger partial charge >= 0.3 is 0 Å². The van der Waals surface area contributed by atoms with Crippen molar-refractivity contribution in [3.05, 3.63) is 76.2 Å². The molecule has 2 N–H and O–H groups in total. The summed E-state index contributed by atoms with van der Waals surface area (Å²) in [5.41, 5.74) is 1.06. The summed E-state index contributed by atoms with van der Waals surface area (Å²) >= 11 is 5.97. The first-order chi connectivity index (χ1) is 19.1. The largest absolute Gasteiger partial charge is 0.480 e. The summed E-state index contributed by atoms with van der Waals surface area (Å²) in [5, 5.41) is 2.55. The van der Waals surface area contributed by atoms with Crippen LogP contribution in [0.4, 0.5) is 10.1 Å². The van der Waals surface area contributed by atoms with Crippen LogP contribution in [0.3, 0.4) is 0 Å². The Kier molecular flexibility index (Phi) is 8.67. The summed E-state index contributed by atoms with van der Waals surface area (Å²) in [4.78, 5) is 33.7. The molecule has 0 aliphatic rings. The number of nitrogens with one attached hydrogen (secondary N) is 2. The summed E-state index contributed by atoms with van der Waals surface area (Å²) in [6.07, 6.45) is 2.83. The van der Waals surface area contributed by atoms with Crippen LogP contribution in [0.2, 0.25) is 5.02 Å². The lowest BCUT2D eigenvalue weighted by atomic mass is 10.0. The second-order valence-corrected chi connectivity index (χ2v) is 10.7. The van der Waals surface area contributed by atoms with Gasteiger partial charge in [0.15, 0.2) is 0 Å². The number of ether oxygens (including phenoxy) is 2. The predicted octanol–water partition coefficient (Wildman–Crippen LogP) is 3.07. The third-order valence-corrected chi connectivity index (χ3v) is 7.88. The van der Waals surface area contributed by atoms with E-state index < -0.39 is 21.8 Å². The molecule has 14 heteroatoms. The van der Waals surface area contributed by atoms with Gasteiger partial charge in [-0.15, -0.1) is 0 Å². The zero-order valence-electron chi connectivity index (χ0n) is 21.6. The molecule has 4 rings (SSSR count). The van der Waals surface area contributed by atoms with Gasteiger partial charge in [-0.2, -0.15) is 0 Å². The number of benzene rings is 2. The maximum atomic E-state index is 13.5. The number of hydrogen-bond acceptors (Lipinski definition) is 8. The molecule has 0 spiro atoms. The minimum atomic E-state index is -4.24. The number of nitrogens with zero attached hydrogens (tertiary/aromatic N) is 3. The number of sulfonamides is 1. The number of amides is 1. The Morgan fingerprint density at radius 3 is 2.58 bits per heavy atom. The van der Waals surface area contributed by atoms with E-state index in [4.69, 9.17) is 21.1 Å². The van der Waals surface area contributed by atoms with Gasteiger partial charge in [-0.1, -0.05) is 17.7 Å². The van der Waals surface area contributed by atoms with Gasteiger partial charge in [0, 0.05) is 32.5 Å². The fourth-order valence-corrected chi connectivity index (χ4v) is 5.64. The lowest BCUT2D eigenvalue weighted by Gasteiger charge is -2.16. The SMILES string of the molecule is CNC(=O)C(COC)Cn1cnc2ccc(-c3cnc(OC)c(NS(=O)(=O)c4ccc(F)cc4Cl)c3)cc2c1=O. The first-order valence-electron chi connectivity index (χ1n) is 11.8. The molecule has 11 nitrogen and oxygen atoms in total. The lowest BCUT2D eigenvalue weighted by Crippen LogP contribution is -2.36. The minimum absolute atomic E-state index is 0.00271. The number of anilines is 1. The summed E-state index contributed by atoms with van der Waals surface area (Å²) in [7, 11) is 0.0556. The van der Waals surface area contributed by atoms with E-state index in [0.717, 1.165) is 18.2 Å². The van der Waals surface area contributed by atoms with Crippen LogP contribution in [0.5, 0.6) is 5.88 Å². The Labute approximate surface area is 234 Å². The van der Waals surface area contributed by atoms with E-state index in [9.17, 15) is 22.4 Å². The number of carbonyl (C=O) groups is 1. The molecular weight excluding hydrogens is 565 g/mol. The molecule has 0 saturated carbocycles. The zero-order valence-corrected chi connectivity index (χ0v) is 23.2. The zero-order chi connectivity index (χ0) is 29.0. The van der Waals surface area contributed by atoms with E-state index in [0.29, 0.717) is 16.6 Å². The highest BCUT2D eigenvalue weighted by Crippen LogP contribution is 2.32. The van der Waals surface area contributed by atoms with Gasteiger partial charge in [-0.3, -0.25) is 18.9 Å². The minimum Gasteiger partial charge on any atom is -0.480 e. The van der Waals surface area contributed by atoms with Crippen LogP contribution in [0, 0.1) is 11.7 Å². The Balaban J connectivity index is 1.73. The van der Waals surface area contributed by atoms with Gasteiger partial charge in [0.05, 0.1) is 41.9 Å². The Morgan fingerprint density at radius 1 is 1.12 bits per heavy atom. The predicted molar refractivity (Wildman–Crippen MR) is 147 cm³/mol. The summed E-state index contributed by atoms with van der Waals surface area (Å²) in [6.45, 7) is 0.172. The van der Waals surface area contributed by atoms with Gasteiger partial charge in [-0.05, 0) is 42.0 Å². The molecule has 0 fully saturated rings. The van der Waals surface area contributed by atoms with Gasteiger partial charge in [0.2, 0.25) is 11.8 Å². The van der Waals surface area contributed by atoms with Crippen LogP contribution >= 0.6 is 11.6 Å². The van der Waals surface area contributed by atoms with Crippen molar-refractivity contribution in [2.24, 2.45) is 5.92 Å². The average Bonchev–Trinajstić information content (AvgIpc) is 2.93. The molecule has 0 aliphatic heterocycles. The van der Waals surface area contributed by atoms with Crippen LogP contribution in [0.15, 0.2) is 64.7 Å². The maximum absolute atomic E-state index is 13.5. The highest BCUT2D eigenvalue weighted by atomic mass is 35.5. The van der Waals surface area contributed by atoms with E-state index in [-0.39, 0.29) is 51.5 Å². The van der Waals surface area contributed by atoms with Crippen molar-refractivity contribution >= 4 is 44.1 Å². The summed E-state index contributed by atoms with van der Waals surface area (Å²) in [6, 6.07) is 9.36. The van der Waals surface area contributed by atoms with Crippen LogP contribution in [-0.2, 0) is 26.1 Å². The number of methoxy groups -OCH3 is 2. The summed E-state index contributed by atoms with van der Waals surface area (Å²) in [5.74, 6) is -1.58. The van der Waals surface area contributed by atoms with Crippen LogP contribution < -0.4 is 20.3 Å². The Bertz CT molecular complexity index is 1750. The smallest absolute Gasteiger partial charge is 0.263 e. The first-order valence-corrected chi connectivity index (χ1v) is 13.7. The monoisotopic (exact) mass is 589 g/mol. The molecule has 2 heterocycles. The van der Waals surface area contributed by atoms with Crippen molar-refractivity contribution in [1.29, 1.82) is 0 Å². The molecule has 0 saturated heterocycles. The van der Waals surface area contributed by atoms with Crippen molar-refractivity contribution in [2.75, 3.05) is 32.6 Å². The van der Waals surface area contributed by atoms with Crippen molar-refractivity contribution < 1.29 is 27.1 Å². The van der Waals surface area contributed by atoms with Crippen molar-refractivity contribution in [2.45, 2.75) is 11.4 Å². The molecule has 1 amide bonds. The molecule has 1 atom stereocenters. The number of pyridine rings is 1. The van der Waals surface area contributed by atoms with Crippen molar-refractivity contribution in [3.8, 4) is 17.0 Å². The highest BCUT2D eigenvalue weighted by molar-refractivity contribution is 7.92. The van der Waals surface area contributed by atoms with Gasteiger partial charge in [-0.25, -0.2) is 22.8 Å². The fraction of sp³-hybridized carbons (Fsp3) is 0.231. The summed E-state index contributed by atoms with van der Waals surface area (Å²) < 4.78 is 53.6. The molecule has 2 aromatic carbocycles. The number of fused-ring (bicyclic) bond motifs is 1. The lowest BCUT2D eigenvalue weighted by molar-refractivity contribution is -0.126. The quantitative estimate of drug-likeness (QED) is 0.287. The Morgan fingerprint density at radius 2 is 1.90 bits per heavy atom. The average molecular weight is 590 g/mol. The van der Waals surface area contributed by atoms with E-state index in [1.54, 1.807) is 18.2 Å². The third-order valence-electron chi connectivity index (χ3n) is 6.03. The maximum Gasteiger partial charge on any atom is 0.263 e. The first kappa shape index (κ1) is 28.9. The molecule has 0 bridgehead atoms. The van der Waals surface area contributed by atoms with Crippen LogP contribution in [0.1, 0.15) is 0 Å². The molecule has 0 radical (unpaired) electrons. The van der Waals surface area contributed by atoms with E-state index in [2.05, 4.69) is 20.0 Å². The molecule has 1 unspecified atom stereocenters. The molecular formula is C26H25ClFN5O6S. The topological polar surface area (TPSA) is 142 Å². The number of rotatable bonds is 10. The molecule has 2 aromatic heterocycles. The molecule has 4 aromatic rings. The standard InChI is InChI=1S/C26H25ClFN5O6S/c1-29-24(34)17(13-38-2)12-33-14-31-21-6-4-15(8-19(21)26(33)35)16-9-22(25(39-3)30-11-16)32-40(36,37)23-7-5-18(28)10-20(23)27/h4-11,14,17,32H,12-13H2,1-3H3,(H,29,34). The highest BCUT2D eigenvalue weighted by Gasteiger charge is 2.22. The third kappa shape index (κ3) is 6.06. The van der Waals surface area contributed by atoms with Crippen molar-refractivity contribution in [1.82, 2.24) is 19.9 Å². The number of aromatic nitrogens is 3. The Hall–Kier alpha value is -4.07. The van der Waals surface area contributed by atoms with Gasteiger partial charge in [0.25, 0.3) is 15.6 Å². The molecule has 0 aliphatic carbocycles. The van der Waals surface area contributed by atoms with Crippen LogP contribution in [-0.4, -0.2) is 56.7 Å². The fourth-order valence-electron chi connectivity index (χ4n) is 4.06. The van der Waals surface area contributed by atoms with E-state index in [1.165, 1.54) is 44.4 Å². The van der Waals surface area contributed by atoms with Crippen molar-refractivity contribution in [3.63, 3.8) is 0 Å². The second-order valence-electron chi connectivity index (χ2n) is 8.66. The van der Waals surface area contributed by atoms with Gasteiger partial charge < -0.3 is 14.8 Å².